The number of nitrogens with one attached hydrogen (secondary N) is 1. The van der Waals surface area contributed by atoms with Gasteiger partial charge >= 0.3 is 13.8 Å². The zero-order valence-corrected chi connectivity index (χ0v) is 11.8. The Morgan fingerprint density at radius 1 is 1.33 bits per heavy atom. The lowest BCUT2D eigenvalue weighted by atomic mass is 10.2. The molecule has 1 aliphatic heterocycles. The first kappa shape index (κ1) is 16.5. The average Bonchev–Trinajstić information content (AvgIpc) is 2.28. The highest BCUT2D eigenvalue weighted by Gasteiger charge is 2.48. The summed E-state index contributed by atoms with van der Waals surface area (Å²) in [6, 6.07) is 0. The fraction of sp³-hybridized carbons (Fsp3) is 1.00. The van der Waals surface area contributed by atoms with Crippen molar-refractivity contribution in [1.82, 2.24) is 9.76 Å². The summed E-state index contributed by atoms with van der Waals surface area (Å²) in [6.45, 7) is 0.259. The largest absolute Gasteiger partial charge is 0.415 e. The van der Waals surface area contributed by atoms with E-state index in [1.807, 2.05) is 0 Å². The first-order chi connectivity index (χ1) is 8.33. The molecular formula is C8H14Cl2F3N2O2P. The monoisotopic (exact) mass is 328 g/mol. The van der Waals surface area contributed by atoms with Crippen LogP contribution < -0.4 is 5.09 Å². The van der Waals surface area contributed by atoms with E-state index in [4.69, 9.17) is 27.7 Å². The predicted molar refractivity (Wildman–Crippen MR) is 64.2 cm³/mol. The topological polar surface area (TPSA) is 41.6 Å². The van der Waals surface area contributed by atoms with E-state index in [0.717, 1.165) is 0 Å². The third kappa shape index (κ3) is 4.25. The smallest absolute Gasteiger partial charge is 0.293 e. The molecule has 0 aliphatic carbocycles. The number of halogens is 5. The second-order valence-electron chi connectivity index (χ2n) is 3.68. The van der Waals surface area contributed by atoms with Crippen molar-refractivity contribution in [3.63, 3.8) is 0 Å². The average molecular weight is 329 g/mol. The Kier molecular flexibility index (Phi) is 6.22. The minimum atomic E-state index is -4.52. The molecule has 0 radical (unpaired) electrons. The molecule has 4 nitrogen and oxygen atoms in total. The standard InChI is InChI=1S/C8H14Cl2F3N2O2P/c9-2-5-15(6-3-10)18(16)14-4-1-7(17-18)8(11,12)13/h7H,1-6H2,(H,14,16)/t7-,18+/m0/s1. The van der Waals surface area contributed by atoms with Crippen LogP contribution in [0.1, 0.15) is 6.42 Å². The molecule has 1 fully saturated rings. The lowest BCUT2D eigenvalue weighted by Crippen LogP contribution is -2.44. The van der Waals surface area contributed by atoms with Crippen LogP contribution in [0, 0.1) is 0 Å². The summed E-state index contributed by atoms with van der Waals surface area (Å²) in [5.41, 5.74) is 0. The molecule has 0 unspecified atom stereocenters. The van der Waals surface area contributed by atoms with Gasteiger partial charge in [0.15, 0.2) is 6.10 Å². The Morgan fingerprint density at radius 2 is 1.89 bits per heavy atom. The third-order valence-corrected chi connectivity index (χ3v) is 5.06. The fourth-order valence-electron chi connectivity index (χ4n) is 1.56. The maximum Gasteiger partial charge on any atom is 0.415 e. The molecule has 0 bridgehead atoms. The molecule has 108 valence electrons. The summed E-state index contributed by atoms with van der Waals surface area (Å²) in [6.07, 6.45) is -6.80. The van der Waals surface area contributed by atoms with Crippen molar-refractivity contribution in [3.8, 4) is 0 Å². The van der Waals surface area contributed by atoms with Crippen LogP contribution in [0.25, 0.3) is 0 Å². The van der Waals surface area contributed by atoms with Crippen LogP contribution in [0.15, 0.2) is 0 Å². The summed E-state index contributed by atoms with van der Waals surface area (Å²) < 4.78 is 56.0. The molecule has 0 aromatic heterocycles. The maximum absolute atomic E-state index is 12.6. The van der Waals surface area contributed by atoms with Gasteiger partial charge in [-0.2, -0.15) is 13.2 Å². The van der Waals surface area contributed by atoms with Crippen molar-refractivity contribution < 1.29 is 22.3 Å². The highest BCUT2D eigenvalue weighted by atomic mass is 35.5. The Morgan fingerprint density at radius 3 is 2.33 bits per heavy atom. The number of rotatable bonds is 5. The van der Waals surface area contributed by atoms with Gasteiger partial charge in [0.1, 0.15) is 0 Å². The van der Waals surface area contributed by atoms with Gasteiger partial charge in [-0.25, -0.2) is 9.76 Å². The highest BCUT2D eigenvalue weighted by molar-refractivity contribution is 7.54. The Labute approximate surface area is 113 Å². The van der Waals surface area contributed by atoms with Crippen molar-refractivity contribution in [2.24, 2.45) is 0 Å². The predicted octanol–water partition coefficient (Wildman–Crippen LogP) is 2.81. The van der Waals surface area contributed by atoms with E-state index in [1.54, 1.807) is 0 Å². The minimum Gasteiger partial charge on any atom is -0.293 e. The van der Waals surface area contributed by atoms with Crippen molar-refractivity contribution in [3.05, 3.63) is 0 Å². The number of hydrogen-bond acceptors (Lipinski definition) is 2. The van der Waals surface area contributed by atoms with E-state index in [9.17, 15) is 17.7 Å². The number of hydrogen-bond donors (Lipinski definition) is 1. The van der Waals surface area contributed by atoms with Crippen LogP contribution in [0.2, 0.25) is 0 Å². The second kappa shape index (κ2) is 6.77. The van der Waals surface area contributed by atoms with Crippen LogP contribution >= 0.6 is 30.9 Å². The molecule has 0 amide bonds. The third-order valence-electron chi connectivity index (χ3n) is 2.41. The van der Waals surface area contributed by atoms with Gasteiger partial charge in [-0.1, -0.05) is 0 Å². The molecule has 0 aromatic carbocycles. The SMILES string of the molecule is O=[P@]1(N(CCCl)CCCl)NCC[C@@H](C(F)(F)F)O1. The lowest BCUT2D eigenvalue weighted by Gasteiger charge is -2.37. The van der Waals surface area contributed by atoms with Gasteiger partial charge in [0.2, 0.25) is 0 Å². The molecule has 1 N–H and O–H groups in total. The van der Waals surface area contributed by atoms with Gasteiger partial charge < -0.3 is 0 Å². The minimum absolute atomic E-state index is 0.0253. The van der Waals surface area contributed by atoms with Gasteiger partial charge in [-0.15, -0.1) is 23.2 Å². The maximum atomic E-state index is 12.6. The van der Waals surface area contributed by atoms with E-state index < -0.39 is 20.0 Å². The summed E-state index contributed by atoms with van der Waals surface area (Å²) in [7, 11) is -3.71. The Balaban J connectivity index is 2.80. The van der Waals surface area contributed by atoms with Gasteiger partial charge in [-0.05, 0) is 6.42 Å². The Hall–Kier alpha value is 0.480. The molecule has 10 heteroatoms. The van der Waals surface area contributed by atoms with E-state index in [-0.39, 0.29) is 37.8 Å². The molecule has 0 aromatic rings. The van der Waals surface area contributed by atoms with Gasteiger partial charge in [-0.3, -0.25) is 9.09 Å². The van der Waals surface area contributed by atoms with E-state index in [1.165, 1.54) is 4.67 Å². The molecule has 1 heterocycles. The van der Waals surface area contributed by atoms with Crippen LogP contribution in [0.3, 0.4) is 0 Å². The zero-order valence-electron chi connectivity index (χ0n) is 9.42. The van der Waals surface area contributed by atoms with E-state index >= 15 is 0 Å². The molecular weight excluding hydrogens is 315 g/mol. The van der Waals surface area contributed by atoms with E-state index in [0.29, 0.717) is 0 Å². The summed E-state index contributed by atoms with van der Waals surface area (Å²) in [5.74, 6) is 0.255. The second-order valence-corrected chi connectivity index (χ2v) is 6.57. The van der Waals surface area contributed by atoms with Gasteiger partial charge in [0.05, 0.1) is 0 Å². The molecule has 1 saturated heterocycles. The quantitative estimate of drug-likeness (QED) is 0.622. The molecule has 18 heavy (non-hydrogen) atoms. The molecule has 0 saturated carbocycles. The van der Waals surface area contributed by atoms with Crippen LogP contribution in [0.4, 0.5) is 13.2 Å². The molecule has 1 rings (SSSR count). The first-order valence-electron chi connectivity index (χ1n) is 5.31. The summed E-state index contributed by atoms with van der Waals surface area (Å²) >= 11 is 11.1. The highest BCUT2D eigenvalue weighted by Crippen LogP contribution is 2.52. The van der Waals surface area contributed by atoms with Crippen LogP contribution in [-0.4, -0.2) is 48.3 Å². The van der Waals surface area contributed by atoms with Gasteiger partial charge in [0.25, 0.3) is 0 Å². The molecule has 1 aliphatic rings. The van der Waals surface area contributed by atoms with Crippen molar-refractivity contribution in [2.45, 2.75) is 18.7 Å². The lowest BCUT2D eigenvalue weighted by molar-refractivity contribution is -0.200. The summed E-state index contributed by atoms with van der Waals surface area (Å²) in [5, 5.41) is 2.51. The fourth-order valence-corrected chi connectivity index (χ4v) is 4.32. The van der Waals surface area contributed by atoms with Crippen molar-refractivity contribution in [1.29, 1.82) is 0 Å². The first-order valence-corrected chi connectivity index (χ1v) is 7.96. The molecule has 2 atom stereocenters. The van der Waals surface area contributed by atoms with Crippen molar-refractivity contribution >= 4 is 30.9 Å². The van der Waals surface area contributed by atoms with Crippen LogP contribution in [0.5, 0.6) is 0 Å². The molecule has 0 spiro atoms. The number of alkyl halides is 5. The van der Waals surface area contributed by atoms with Gasteiger partial charge in [0, 0.05) is 31.4 Å². The summed E-state index contributed by atoms with van der Waals surface area (Å²) in [4.78, 5) is 0. The zero-order chi connectivity index (χ0) is 13.8. The van der Waals surface area contributed by atoms with E-state index in [2.05, 4.69) is 5.09 Å². The van der Waals surface area contributed by atoms with Crippen molar-refractivity contribution in [2.75, 3.05) is 31.4 Å². The van der Waals surface area contributed by atoms with Crippen LogP contribution in [-0.2, 0) is 9.09 Å². The number of nitrogens with zero attached hydrogens (tertiary/aromatic N) is 1. The Bertz CT molecular complexity index is 313. The normalized spacial score (nSPS) is 29.8.